The van der Waals surface area contributed by atoms with Crippen LogP contribution in [0.25, 0.3) is 0 Å². The fourth-order valence-electron chi connectivity index (χ4n) is 2.93. The van der Waals surface area contributed by atoms with Gasteiger partial charge in [0.1, 0.15) is 0 Å². The number of para-hydroxylation sites is 1. The summed E-state index contributed by atoms with van der Waals surface area (Å²) >= 11 is 0. The van der Waals surface area contributed by atoms with Crippen LogP contribution in [0, 0.1) is 11.8 Å². The van der Waals surface area contributed by atoms with E-state index in [9.17, 15) is 19.2 Å². The third-order valence-electron chi connectivity index (χ3n) is 4.39. The second-order valence-electron chi connectivity index (χ2n) is 7.15. The molecule has 2 N–H and O–H groups in total. The second-order valence-corrected chi connectivity index (χ2v) is 7.15. The zero-order chi connectivity index (χ0) is 20.7. The molecule has 152 valence electrons. The number of hydrogen-bond donors (Lipinski definition) is 2. The molecule has 1 atom stereocenters. The summed E-state index contributed by atoms with van der Waals surface area (Å²) in [6.45, 7) is 5.93. The molecule has 1 fully saturated rings. The Labute approximate surface area is 164 Å². The smallest absolute Gasteiger partial charge is 0.321 e. The molecule has 1 aliphatic heterocycles. The number of imide groups is 1. The molecule has 0 aromatic heterocycles. The van der Waals surface area contributed by atoms with Gasteiger partial charge in [0.2, 0.25) is 5.91 Å². The predicted octanol–water partition coefficient (Wildman–Crippen LogP) is 1.63. The minimum absolute atomic E-state index is 0.0351. The summed E-state index contributed by atoms with van der Waals surface area (Å²) in [5.74, 6) is -1.88. The Kier molecular flexibility index (Phi) is 7.54. The third-order valence-corrected chi connectivity index (χ3v) is 4.39. The molecule has 0 radical (unpaired) electrons. The van der Waals surface area contributed by atoms with Crippen molar-refractivity contribution < 1.29 is 23.9 Å². The molecule has 2 rings (SSSR count). The Hall–Kier alpha value is -2.90. The summed E-state index contributed by atoms with van der Waals surface area (Å²) < 4.78 is 4.99. The summed E-state index contributed by atoms with van der Waals surface area (Å²) in [5.41, 5.74) is 1.82. The molecule has 0 unspecified atom stereocenters. The minimum Gasteiger partial charge on any atom is -0.455 e. The van der Waals surface area contributed by atoms with E-state index >= 15 is 0 Å². The molecule has 1 aromatic rings. The Balaban J connectivity index is 1.84. The van der Waals surface area contributed by atoms with Gasteiger partial charge in [0, 0.05) is 25.2 Å². The number of amides is 4. The van der Waals surface area contributed by atoms with Crippen LogP contribution in [-0.4, -0.2) is 43.5 Å². The summed E-state index contributed by atoms with van der Waals surface area (Å²) in [5, 5.41) is 4.63. The first-order chi connectivity index (χ1) is 13.3. The number of rotatable bonds is 7. The maximum Gasteiger partial charge on any atom is 0.321 e. The number of hydrogen-bond acceptors (Lipinski definition) is 5. The number of anilines is 1. The Morgan fingerprint density at radius 1 is 1.25 bits per heavy atom. The zero-order valence-electron chi connectivity index (χ0n) is 16.5. The van der Waals surface area contributed by atoms with Crippen LogP contribution in [0.3, 0.4) is 0 Å². The molecule has 1 saturated heterocycles. The summed E-state index contributed by atoms with van der Waals surface area (Å²) in [6.07, 6.45) is 0.807. The Morgan fingerprint density at radius 2 is 1.96 bits per heavy atom. The molecular weight excluding hydrogens is 362 g/mol. The molecular formula is C20H27N3O5. The van der Waals surface area contributed by atoms with Gasteiger partial charge in [-0.25, -0.2) is 4.79 Å². The van der Waals surface area contributed by atoms with Crippen LogP contribution in [0.15, 0.2) is 24.3 Å². The second kappa shape index (κ2) is 9.87. The van der Waals surface area contributed by atoms with Gasteiger partial charge in [0.05, 0.1) is 5.92 Å². The molecule has 8 nitrogen and oxygen atoms in total. The molecule has 0 spiro atoms. The molecule has 0 saturated carbocycles. The molecule has 0 bridgehead atoms. The fourth-order valence-corrected chi connectivity index (χ4v) is 2.93. The Morgan fingerprint density at radius 3 is 2.64 bits per heavy atom. The normalized spacial score (nSPS) is 16.2. The van der Waals surface area contributed by atoms with Crippen LogP contribution in [0.1, 0.15) is 32.8 Å². The molecule has 28 heavy (non-hydrogen) atoms. The molecule has 8 heteroatoms. The van der Waals surface area contributed by atoms with Gasteiger partial charge in [-0.1, -0.05) is 39.0 Å². The van der Waals surface area contributed by atoms with Gasteiger partial charge >= 0.3 is 12.0 Å². The van der Waals surface area contributed by atoms with E-state index in [2.05, 4.69) is 10.6 Å². The number of nitrogens with one attached hydrogen (secondary N) is 2. The van der Waals surface area contributed by atoms with Crippen molar-refractivity contribution in [1.82, 2.24) is 10.6 Å². The molecule has 1 aromatic carbocycles. The van der Waals surface area contributed by atoms with Gasteiger partial charge in [-0.15, -0.1) is 0 Å². The van der Waals surface area contributed by atoms with Crippen LogP contribution < -0.4 is 15.5 Å². The first kappa shape index (κ1) is 21.4. The number of nitrogens with zero attached hydrogens (tertiary/aromatic N) is 1. The predicted molar refractivity (Wildman–Crippen MR) is 104 cm³/mol. The van der Waals surface area contributed by atoms with Crippen LogP contribution in [-0.2, 0) is 25.5 Å². The molecule has 0 aliphatic carbocycles. The lowest BCUT2D eigenvalue weighted by Crippen LogP contribution is -2.42. The number of carbonyl (C=O) groups is 4. The minimum atomic E-state index is -0.716. The molecule has 1 heterocycles. The maximum absolute atomic E-state index is 12.4. The van der Waals surface area contributed by atoms with Crippen molar-refractivity contribution >= 4 is 29.5 Å². The van der Waals surface area contributed by atoms with Crippen LogP contribution in [0.5, 0.6) is 0 Å². The summed E-state index contributed by atoms with van der Waals surface area (Å²) in [7, 11) is 0. The van der Waals surface area contributed by atoms with Crippen molar-refractivity contribution in [2.24, 2.45) is 11.8 Å². The largest absolute Gasteiger partial charge is 0.455 e. The highest BCUT2D eigenvalue weighted by molar-refractivity contribution is 6.00. The van der Waals surface area contributed by atoms with E-state index in [4.69, 9.17) is 4.74 Å². The van der Waals surface area contributed by atoms with Crippen LogP contribution in [0.4, 0.5) is 10.5 Å². The third kappa shape index (κ3) is 5.80. The quantitative estimate of drug-likeness (QED) is 0.690. The molecule has 1 aliphatic rings. The van der Waals surface area contributed by atoms with E-state index < -0.39 is 30.4 Å². The van der Waals surface area contributed by atoms with Crippen molar-refractivity contribution in [2.45, 2.75) is 33.6 Å². The van der Waals surface area contributed by atoms with Gasteiger partial charge < -0.3 is 15.0 Å². The van der Waals surface area contributed by atoms with Gasteiger partial charge in [0.25, 0.3) is 5.91 Å². The summed E-state index contributed by atoms with van der Waals surface area (Å²) in [6, 6.07) is 6.93. The van der Waals surface area contributed by atoms with Gasteiger partial charge in [-0.2, -0.15) is 0 Å². The van der Waals surface area contributed by atoms with Crippen molar-refractivity contribution in [1.29, 1.82) is 0 Å². The highest BCUT2D eigenvalue weighted by Crippen LogP contribution is 2.29. The average molecular weight is 389 g/mol. The van der Waals surface area contributed by atoms with Crippen LogP contribution >= 0.6 is 0 Å². The molecule has 4 amide bonds. The van der Waals surface area contributed by atoms with Crippen molar-refractivity contribution in [3.8, 4) is 0 Å². The highest BCUT2D eigenvalue weighted by Gasteiger charge is 2.37. The van der Waals surface area contributed by atoms with Gasteiger partial charge in [-0.3, -0.25) is 19.7 Å². The first-order valence-corrected chi connectivity index (χ1v) is 9.44. The van der Waals surface area contributed by atoms with Crippen molar-refractivity contribution in [2.75, 3.05) is 24.6 Å². The number of aryl methyl sites for hydroxylation is 1. The summed E-state index contributed by atoms with van der Waals surface area (Å²) in [4.78, 5) is 49.4. The van der Waals surface area contributed by atoms with Crippen molar-refractivity contribution in [3.05, 3.63) is 29.8 Å². The number of benzene rings is 1. The van der Waals surface area contributed by atoms with E-state index in [1.165, 1.54) is 0 Å². The lowest BCUT2D eigenvalue weighted by atomic mass is 10.1. The lowest BCUT2D eigenvalue weighted by Gasteiger charge is -2.19. The van der Waals surface area contributed by atoms with E-state index in [-0.39, 0.29) is 24.8 Å². The topological polar surface area (TPSA) is 105 Å². The van der Waals surface area contributed by atoms with E-state index in [1.807, 2.05) is 45.0 Å². The van der Waals surface area contributed by atoms with E-state index in [0.29, 0.717) is 6.54 Å². The average Bonchev–Trinajstić information content (AvgIpc) is 3.06. The number of carbonyl (C=O) groups excluding carboxylic acids is 4. The number of ether oxygens (including phenoxy) is 1. The maximum atomic E-state index is 12.4. The number of urea groups is 1. The van der Waals surface area contributed by atoms with Crippen LogP contribution in [0.2, 0.25) is 0 Å². The first-order valence-electron chi connectivity index (χ1n) is 9.44. The van der Waals surface area contributed by atoms with Crippen molar-refractivity contribution in [3.63, 3.8) is 0 Å². The zero-order valence-corrected chi connectivity index (χ0v) is 16.5. The SMILES string of the molecule is CCc1ccccc1N1C[C@H](C(=O)OCC(=O)NC(=O)NCC(C)C)CC1=O. The fraction of sp³-hybridized carbons (Fsp3) is 0.500. The Bertz CT molecular complexity index is 747. The standard InChI is InChI=1S/C20H27N3O5/c1-4-14-7-5-6-8-16(14)23-11-15(9-18(23)25)19(26)28-12-17(24)22-20(27)21-10-13(2)3/h5-8,13,15H,4,9-12H2,1-3H3,(H2,21,22,24,27)/t15-/m1/s1. The number of esters is 1. The monoisotopic (exact) mass is 389 g/mol. The lowest BCUT2D eigenvalue weighted by molar-refractivity contribution is -0.152. The van der Waals surface area contributed by atoms with E-state index in [1.54, 1.807) is 4.90 Å². The van der Waals surface area contributed by atoms with Gasteiger partial charge in [0.15, 0.2) is 6.61 Å². The van der Waals surface area contributed by atoms with Gasteiger partial charge in [-0.05, 0) is 24.0 Å². The van der Waals surface area contributed by atoms with E-state index in [0.717, 1.165) is 17.7 Å². The highest BCUT2D eigenvalue weighted by atomic mass is 16.5.